The highest BCUT2D eigenvalue weighted by atomic mass is 32.1. The van der Waals surface area contributed by atoms with Crippen LogP contribution in [0.4, 0.5) is 18.9 Å². The van der Waals surface area contributed by atoms with Gasteiger partial charge in [-0.15, -0.1) is 11.3 Å². The van der Waals surface area contributed by atoms with Crippen molar-refractivity contribution in [3.8, 4) is 6.07 Å². The van der Waals surface area contributed by atoms with E-state index in [1.54, 1.807) is 12.3 Å². The van der Waals surface area contributed by atoms with Gasteiger partial charge in [-0.2, -0.15) is 18.4 Å². The zero-order chi connectivity index (χ0) is 15.5. The van der Waals surface area contributed by atoms with Crippen LogP contribution in [-0.2, 0) is 19.1 Å². The van der Waals surface area contributed by atoms with Crippen LogP contribution in [-0.4, -0.2) is 4.98 Å². The van der Waals surface area contributed by atoms with Crippen LogP contribution in [0, 0.1) is 11.3 Å². The standard InChI is InChI=1S/C14H12F3N3S/c1-2-11-7-20-13(21-11)8-19-12-4-3-10(14(15,16)17)5-9(12)6-18/h3-5,7,19H,2,8H2,1H3. The molecule has 0 aliphatic carbocycles. The van der Waals surface area contributed by atoms with Crippen LogP contribution >= 0.6 is 11.3 Å². The lowest BCUT2D eigenvalue weighted by Crippen LogP contribution is -2.07. The lowest BCUT2D eigenvalue weighted by atomic mass is 10.1. The molecule has 0 unspecified atom stereocenters. The lowest BCUT2D eigenvalue weighted by Gasteiger charge is -2.10. The molecule has 2 aromatic rings. The van der Waals surface area contributed by atoms with Crippen LogP contribution in [0.15, 0.2) is 24.4 Å². The Kier molecular flexibility index (Phi) is 4.48. The molecular formula is C14H12F3N3S. The Hall–Kier alpha value is -2.07. The summed E-state index contributed by atoms with van der Waals surface area (Å²) < 4.78 is 37.8. The Balaban J connectivity index is 2.15. The molecule has 0 aliphatic heterocycles. The SMILES string of the molecule is CCc1cnc(CNc2ccc(C(F)(F)F)cc2C#N)s1. The quantitative estimate of drug-likeness (QED) is 0.920. The second-order valence-corrected chi connectivity index (χ2v) is 5.50. The second kappa shape index (κ2) is 6.14. The largest absolute Gasteiger partial charge is 0.416 e. The summed E-state index contributed by atoms with van der Waals surface area (Å²) >= 11 is 1.54. The first-order valence-electron chi connectivity index (χ1n) is 6.23. The van der Waals surface area contributed by atoms with E-state index >= 15 is 0 Å². The average Bonchev–Trinajstić information content (AvgIpc) is 2.92. The molecule has 1 aromatic carbocycles. The molecule has 2 rings (SSSR count). The van der Waals surface area contributed by atoms with Crippen LogP contribution in [0.25, 0.3) is 0 Å². The van der Waals surface area contributed by atoms with Gasteiger partial charge in [0.05, 0.1) is 23.4 Å². The number of aryl methyl sites for hydroxylation is 1. The average molecular weight is 311 g/mol. The molecule has 0 saturated carbocycles. The van der Waals surface area contributed by atoms with Crippen molar-refractivity contribution in [1.29, 1.82) is 5.26 Å². The Bertz CT molecular complexity index is 671. The van der Waals surface area contributed by atoms with E-state index in [1.807, 2.05) is 6.92 Å². The van der Waals surface area contributed by atoms with E-state index in [-0.39, 0.29) is 5.56 Å². The Morgan fingerprint density at radius 3 is 2.71 bits per heavy atom. The number of alkyl halides is 3. The fraction of sp³-hybridized carbons (Fsp3) is 0.286. The molecule has 0 atom stereocenters. The lowest BCUT2D eigenvalue weighted by molar-refractivity contribution is -0.137. The van der Waals surface area contributed by atoms with Gasteiger partial charge in [0.25, 0.3) is 0 Å². The third-order valence-electron chi connectivity index (χ3n) is 2.85. The predicted molar refractivity (Wildman–Crippen MR) is 75.0 cm³/mol. The molecule has 0 fully saturated rings. The summed E-state index contributed by atoms with van der Waals surface area (Å²) in [5.74, 6) is 0. The van der Waals surface area contributed by atoms with Crippen molar-refractivity contribution in [3.63, 3.8) is 0 Å². The fourth-order valence-electron chi connectivity index (χ4n) is 1.73. The van der Waals surface area contributed by atoms with E-state index < -0.39 is 11.7 Å². The molecule has 7 heteroatoms. The van der Waals surface area contributed by atoms with Crippen molar-refractivity contribution in [1.82, 2.24) is 4.98 Å². The highest BCUT2D eigenvalue weighted by Crippen LogP contribution is 2.31. The normalized spacial score (nSPS) is 11.2. The van der Waals surface area contributed by atoms with Crippen LogP contribution in [0.3, 0.4) is 0 Å². The summed E-state index contributed by atoms with van der Waals surface area (Å²) in [6.45, 7) is 2.40. The molecule has 110 valence electrons. The molecule has 21 heavy (non-hydrogen) atoms. The summed E-state index contributed by atoms with van der Waals surface area (Å²) in [7, 11) is 0. The summed E-state index contributed by atoms with van der Waals surface area (Å²) in [5, 5.41) is 12.8. The molecule has 0 bridgehead atoms. The van der Waals surface area contributed by atoms with Crippen molar-refractivity contribution in [2.75, 3.05) is 5.32 Å². The summed E-state index contributed by atoms with van der Waals surface area (Å²) in [6, 6.07) is 4.86. The van der Waals surface area contributed by atoms with Gasteiger partial charge in [0.2, 0.25) is 0 Å². The molecule has 0 saturated heterocycles. The van der Waals surface area contributed by atoms with Crippen LogP contribution < -0.4 is 5.32 Å². The topological polar surface area (TPSA) is 48.7 Å². The molecule has 0 amide bonds. The van der Waals surface area contributed by atoms with Gasteiger partial charge in [0.1, 0.15) is 11.1 Å². The highest BCUT2D eigenvalue weighted by molar-refractivity contribution is 7.11. The minimum absolute atomic E-state index is 0.0305. The molecule has 1 aromatic heterocycles. The molecule has 0 spiro atoms. The van der Waals surface area contributed by atoms with Crippen molar-refractivity contribution in [2.24, 2.45) is 0 Å². The Morgan fingerprint density at radius 2 is 2.14 bits per heavy atom. The van der Waals surface area contributed by atoms with Gasteiger partial charge in [0, 0.05) is 11.1 Å². The highest BCUT2D eigenvalue weighted by Gasteiger charge is 2.31. The summed E-state index contributed by atoms with van der Waals surface area (Å²) in [5.41, 5.74) is -0.483. The first kappa shape index (κ1) is 15.3. The molecule has 1 N–H and O–H groups in total. The van der Waals surface area contributed by atoms with E-state index in [1.165, 1.54) is 17.4 Å². The number of hydrogen-bond donors (Lipinski definition) is 1. The maximum atomic E-state index is 12.6. The number of thiazole rings is 1. The van der Waals surface area contributed by atoms with Gasteiger partial charge in [-0.05, 0) is 24.6 Å². The summed E-state index contributed by atoms with van der Waals surface area (Å²) in [6.07, 6.45) is -1.78. The number of anilines is 1. The first-order valence-corrected chi connectivity index (χ1v) is 7.04. The van der Waals surface area contributed by atoms with Crippen molar-refractivity contribution in [2.45, 2.75) is 26.1 Å². The van der Waals surface area contributed by atoms with E-state index in [0.29, 0.717) is 12.2 Å². The van der Waals surface area contributed by atoms with Gasteiger partial charge in [0.15, 0.2) is 0 Å². The van der Waals surface area contributed by atoms with Crippen molar-refractivity contribution in [3.05, 3.63) is 45.4 Å². The van der Waals surface area contributed by atoms with Gasteiger partial charge >= 0.3 is 6.18 Å². The number of nitrogens with zero attached hydrogens (tertiary/aromatic N) is 2. The number of nitrogens with one attached hydrogen (secondary N) is 1. The Labute approximate surface area is 124 Å². The van der Waals surface area contributed by atoms with Crippen LogP contribution in [0.5, 0.6) is 0 Å². The zero-order valence-electron chi connectivity index (χ0n) is 11.2. The fourth-order valence-corrected chi connectivity index (χ4v) is 2.53. The molecule has 0 radical (unpaired) electrons. The zero-order valence-corrected chi connectivity index (χ0v) is 12.0. The molecule has 0 aliphatic rings. The van der Waals surface area contributed by atoms with Gasteiger partial charge in [-0.3, -0.25) is 0 Å². The van der Waals surface area contributed by atoms with Gasteiger partial charge in [-0.25, -0.2) is 4.98 Å². The van der Waals surface area contributed by atoms with E-state index in [2.05, 4.69) is 10.3 Å². The van der Waals surface area contributed by atoms with E-state index in [9.17, 15) is 13.2 Å². The first-order chi connectivity index (χ1) is 9.94. The van der Waals surface area contributed by atoms with Crippen LogP contribution in [0.2, 0.25) is 0 Å². The van der Waals surface area contributed by atoms with Gasteiger partial charge < -0.3 is 5.32 Å². The molecular weight excluding hydrogens is 299 g/mol. The van der Waals surface area contributed by atoms with E-state index in [4.69, 9.17) is 5.26 Å². The molecule has 1 heterocycles. The maximum absolute atomic E-state index is 12.6. The molecule has 3 nitrogen and oxygen atoms in total. The number of benzene rings is 1. The van der Waals surface area contributed by atoms with Gasteiger partial charge in [-0.1, -0.05) is 6.92 Å². The Morgan fingerprint density at radius 1 is 1.38 bits per heavy atom. The minimum atomic E-state index is -4.45. The predicted octanol–water partition coefficient (Wildman–Crippen LogP) is 4.21. The third kappa shape index (κ3) is 3.73. The van der Waals surface area contributed by atoms with Crippen molar-refractivity contribution < 1.29 is 13.2 Å². The monoisotopic (exact) mass is 311 g/mol. The number of nitriles is 1. The second-order valence-electron chi connectivity index (χ2n) is 4.30. The third-order valence-corrected chi connectivity index (χ3v) is 3.99. The number of aromatic nitrogens is 1. The minimum Gasteiger partial charge on any atom is -0.377 e. The van der Waals surface area contributed by atoms with Crippen molar-refractivity contribution >= 4 is 17.0 Å². The smallest absolute Gasteiger partial charge is 0.377 e. The number of hydrogen-bond acceptors (Lipinski definition) is 4. The van der Waals surface area contributed by atoms with Crippen LogP contribution in [0.1, 0.15) is 27.9 Å². The summed E-state index contributed by atoms with van der Waals surface area (Å²) in [4.78, 5) is 5.35. The maximum Gasteiger partial charge on any atom is 0.416 e. The number of rotatable bonds is 4. The number of halogens is 3. The van der Waals surface area contributed by atoms with E-state index in [0.717, 1.165) is 28.4 Å².